The van der Waals surface area contributed by atoms with E-state index in [-0.39, 0.29) is 5.91 Å². The summed E-state index contributed by atoms with van der Waals surface area (Å²) in [6, 6.07) is 5.01. The topological polar surface area (TPSA) is 88.6 Å². The summed E-state index contributed by atoms with van der Waals surface area (Å²) in [4.78, 5) is 42.5. The second-order valence-corrected chi connectivity index (χ2v) is 6.95. The summed E-state index contributed by atoms with van der Waals surface area (Å²) in [6.07, 6.45) is 1.63. The Bertz CT molecular complexity index is 798. The van der Waals surface area contributed by atoms with Gasteiger partial charge in [0.25, 0.3) is 5.91 Å². The number of carbonyl (C=O) groups is 3. The lowest BCUT2D eigenvalue weighted by Crippen LogP contribution is -2.55. The van der Waals surface area contributed by atoms with Gasteiger partial charge in [-0.05, 0) is 18.2 Å². The van der Waals surface area contributed by atoms with Gasteiger partial charge in [0, 0.05) is 44.8 Å². The highest BCUT2D eigenvalue weighted by atomic mass is 16.5. The number of benzene rings is 1. The molecule has 0 aromatic heterocycles. The van der Waals surface area contributed by atoms with Crippen molar-refractivity contribution in [3.8, 4) is 11.5 Å². The molecule has 1 aromatic carbocycles. The van der Waals surface area contributed by atoms with E-state index in [1.54, 1.807) is 29.2 Å². The third-order valence-corrected chi connectivity index (χ3v) is 5.10. The van der Waals surface area contributed by atoms with Crippen LogP contribution in [-0.2, 0) is 14.3 Å². The number of hydrogen-bond acceptors (Lipinski definition) is 6. The lowest BCUT2D eigenvalue weighted by atomic mass is 10.1. The highest BCUT2D eigenvalue weighted by molar-refractivity contribution is 6.34. The summed E-state index contributed by atoms with van der Waals surface area (Å²) >= 11 is 0. The van der Waals surface area contributed by atoms with Crippen LogP contribution in [0.4, 0.5) is 0 Å². The largest absolute Gasteiger partial charge is 0.493 e. The molecule has 0 N–H and O–H groups in total. The molecule has 2 heterocycles. The minimum atomic E-state index is -0.519. The molecule has 9 heteroatoms. The van der Waals surface area contributed by atoms with Gasteiger partial charge >= 0.3 is 11.8 Å². The molecule has 0 unspecified atom stereocenters. The molecule has 9 nitrogen and oxygen atoms in total. The van der Waals surface area contributed by atoms with E-state index in [4.69, 9.17) is 14.2 Å². The molecule has 0 saturated carbocycles. The fourth-order valence-corrected chi connectivity index (χ4v) is 3.40. The van der Waals surface area contributed by atoms with Crippen molar-refractivity contribution < 1.29 is 28.6 Å². The number of nitrogens with zero attached hydrogens (tertiary/aromatic N) is 3. The van der Waals surface area contributed by atoms with Crippen LogP contribution in [0.2, 0.25) is 0 Å². The molecule has 2 fully saturated rings. The van der Waals surface area contributed by atoms with Crippen LogP contribution in [0.15, 0.2) is 30.9 Å². The molecular weight excluding hydrogens is 390 g/mol. The molecule has 2 saturated heterocycles. The first kappa shape index (κ1) is 21.6. The van der Waals surface area contributed by atoms with Crippen molar-refractivity contribution >= 4 is 17.7 Å². The van der Waals surface area contributed by atoms with Crippen molar-refractivity contribution in [1.29, 1.82) is 0 Å². The average Bonchev–Trinajstić information content (AvgIpc) is 2.81. The van der Waals surface area contributed by atoms with E-state index in [1.165, 1.54) is 16.9 Å². The number of methoxy groups -OCH3 is 1. The normalized spacial score (nSPS) is 16.8. The van der Waals surface area contributed by atoms with Crippen LogP contribution in [0.25, 0.3) is 0 Å². The van der Waals surface area contributed by atoms with Gasteiger partial charge in [0.15, 0.2) is 11.5 Å². The number of hydrogen-bond donors (Lipinski definition) is 0. The zero-order valence-electron chi connectivity index (χ0n) is 17.2. The molecule has 0 bridgehead atoms. The average molecular weight is 417 g/mol. The fourth-order valence-electron chi connectivity index (χ4n) is 3.40. The number of carbonyl (C=O) groups excluding carboxylic acids is 3. The molecule has 0 radical (unpaired) electrons. The predicted molar refractivity (Wildman–Crippen MR) is 109 cm³/mol. The molecule has 3 amide bonds. The van der Waals surface area contributed by atoms with Crippen LogP contribution < -0.4 is 9.47 Å². The lowest BCUT2D eigenvalue weighted by Gasteiger charge is -2.36. The second kappa shape index (κ2) is 10.1. The predicted octanol–water partition coefficient (Wildman–Crippen LogP) is 0.403. The molecule has 162 valence electrons. The third-order valence-electron chi connectivity index (χ3n) is 5.10. The van der Waals surface area contributed by atoms with E-state index in [2.05, 4.69) is 6.58 Å². The van der Waals surface area contributed by atoms with Gasteiger partial charge in [-0.25, -0.2) is 0 Å². The molecule has 2 aliphatic heterocycles. The maximum atomic E-state index is 12.9. The zero-order chi connectivity index (χ0) is 21.5. The number of morpholine rings is 1. The quantitative estimate of drug-likeness (QED) is 0.509. The highest BCUT2D eigenvalue weighted by Gasteiger charge is 2.31. The van der Waals surface area contributed by atoms with Gasteiger partial charge in [0.1, 0.15) is 6.61 Å². The lowest BCUT2D eigenvalue weighted by molar-refractivity contribution is -0.154. The zero-order valence-corrected chi connectivity index (χ0v) is 17.2. The van der Waals surface area contributed by atoms with Crippen molar-refractivity contribution in [1.82, 2.24) is 14.7 Å². The molecule has 30 heavy (non-hydrogen) atoms. The Morgan fingerprint density at radius 2 is 1.57 bits per heavy atom. The Balaban J connectivity index is 1.57. The summed E-state index contributed by atoms with van der Waals surface area (Å²) in [6.45, 7) is 7.05. The Kier molecular flexibility index (Phi) is 7.29. The minimum absolute atomic E-state index is 0.157. The number of ether oxygens (including phenoxy) is 3. The summed E-state index contributed by atoms with van der Waals surface area (Å²) in [5.41, 5.74) is 0.474. The van der Waals surface area contributed by atoms with E-state index in [0.29, 0.717) is 76.2 Å². The first-order valence-electron chi connectivity index (χ1n) is 9.92. The minimum Gasteiger partial charge on any atom is -0.493 e. The first-order valence-corrected chi connectivity index (χ1v) is 9.92. The van der Waals surface area contributed by atoms with E-state index < -0.39 is 11.8 Å². The Morgan fingerprint density at radius 3 is 2.17 bits per heavy atom. The van der Waals surface area contributed by atoms with Crippen LogP contribution >= 0.6 is 0 Å². The summed E-state index contributed by atoms with van der Waals surface area (Å²) in [7, 11) is 1.51. The van der Waals surface area contributed by atoms with Crippen LogP contribution in [0.3, 0.4) is 0 Å². The highest BCUT2D eigenvalue weighted by Crippen LogP contribution is 2.28. The number of amides is 3. The molecule has 0 spiro atoms. The van der Waals surface area contributed by atoms with E-state index in [1.807, 2.05) is 0 Å². The third kappa shape index (κ3) is 4.91. The number of piperazine rings is 1. The Morgan fingerprint density at radius 1 is 0.967 bits per heavy atom. The van der Waals surface area contributed by atoms with Crippen molar-refractivity contribution in [3.05, 3.63) is 36.4 Å². The Hall–Kier alpha value is -3.07. The molecule has 2 aliphatic rings. The van der Waals surface area contributed by atoms with Crippen LogP contribution in [-0.4, -0.2) is 98.6 Å². The summed E-state index contributed by atoms with van der Waals surface area (Å²) < 4.78 is 16.1. The maximum absolute atomic E-state index is 12.9. The summed E-state index contributed by atoms with van der Waals surface area (Å²) in [5.74, 6) is -0.180. The number of rotatable bonds is 5. The molecule has 1 aromatic rings. The second-order valence-electron chi connectivity index (χ2n) is 6.95. The van der Waals surface area contributed by atoms with Crippen LogP contribution in [0.1, 0.15) is 10.4 Å². The van der Waals surface area contributed by atoms with Gasteiger partial charge in [-0.15, -0.1) is 0 Å². The first-order chi connectivity index (χ1) is 14.5. The SMILES string of the molecule is C=CCOc1ccc(C(=O)N2CCN(C(=O)C(=O)N3CCOCC3)CC2)cc1OC. The fraction of sp³-hybridized carbons (Fsp3) is 0.476. The van der Waals surface area contributed by atoms with Crippen molar-refractivity contribution in [3.63, 3.8) is 0 Å². The van der Waals surface area contributed by atoms with Crippen molar-refractivity contribution in [2.24, 2.45) is 0 Å². The van der Waals surface area contributed by atoms with Gasteiger partial charge in [0.2, 0.25) is 0 Å². The van der Waals surface area contributed by atoms with E-state index in [9.17, 15) is 14.4 Å². The van der Waals surface area contributed by atoms with Gasteiger partial charge in [-0.2, -0.15) is 0 Å². The monoisotopic (exact) mass is 417 g/mol. The molecular formula is C21H27N3O6. The van der Waals surface area contributed by atoms with E-state index in [0.717, 1.165) is 0 Å². The molecule has 3 rings (SSSR count). The Labute approximate surface area is 175 Å². The van der Waals surface area contributed by atoms with Crippen LogP contribution in [0, 0.1) is 0 Å². The van der Waals surface area contributed by atoms with Gasteiger partial charge in [-0.1, -0.05) is 12.7 Å². The maximum Gasteiger partial charge on any atom is 0.312 e. The van der Waals surface area contributed by atoms with E-state index >= 15 is 0 Å². The van der Waals surface area contributed by atoms with Crippen LogP contribution in [0.5, 0.6) is 11.5 Å². The van der Waals surface area contributed by atoms with Crippen molar-refractivity contribution in [2.75, 3.05) is 66.2 Å². The smallest absolute Gasteiger partial charge is 0.312 e. The standard InChI is InChI=1S/C21H27N3O6/c1-3-12-30-17-5-4-16(15-18(17)28-2)19(25)22-6-8-23(9-7-22)20(26)21(27)24-10-13-29-14-11-24/h3-5,15H,1,6-14H2,2H3. The van der Waals surface area contributed by atoms with Gasteiger partial charge < -0.3 is 28.9 Å². The van der Waals surface area contributed by atoms with Gasteiger partial charge in [-0.3, -0.25) is 14.4 Å². The molecule has 0 atom stereocenters. The van der Waals surface area contributed by atoms with Crippen molar-refractivity contribution in [2.45, 2.75) is 0 Å². The van der Waals surface area contributed by atoms with Gasteiger partial charge in [0.05, 0.1) is 20.3 Å². The molecule has 0 aliphatic carbocycles. The summed E-state index contributed by atoms with van der Waals surface area (Å²) in [5, 5.41) is 0.